The van der Waals surface area contributed by atoms with Gasteiger partial charge in [0.2, 0.25) is 0 Å². The molecule has 1 saturated carbocycles. The fourth-order valence-corrected chi connectivity index (χ4v) is 3.91. The third kappa shape index (κ3) is 3.48. The molecule has 0 amide bonds. The summed E-state index contributed by atoms with van der Waals surface area (Å²) in [6.45, 7) is 3.10. The van der Waals surface area contributed by atoms with E-state index in [0.29, 0.717) is 6.04 Å². The lowest BCUT2D eigenvalue weighted by Gasteiger charge is -2.36. The molecule has 0 aliphatic heterocycles. The maximum absolute atomic E-state index is 4.50. The summed E-state index contributed by atoms with van der Waals surface area (Å²) >= 11 is 5.32. The predicted molar refractivity (Wildman–Crippen MR) is 88.5 cm³/mol. The van der Waals surface area contributed by atoms with Crippen LogP contribution in [0.25, 0.3) is 0 Å². The molecule has 0 atom stereocenters. The minimum atomic E-state index is 0.681. The maximum atomic E-state index is 4.50. The number of rotatable bonds is 5. The second kappa shape index (κ2) is 6.37. The molecule has 0 unspecified atom stereocenters. The molecule has 0 radical (unpaired) electrons. The summed E-state index contributed by atoms with van der Waals surface area (Å²) in [4.78, 5) is 4.50. The Morgan fingerprint density at radius 1 is 1.40 bits per heavy atom. The third-order valence-electron chi connectivity index (χ3n) is 3.90. The van der Waals surface area contributed by atoms with Gasteiger partial charge in [-0.15, -0.1) is 11.3 Å². The zero-order chi connectivity index (χ0) is 13.9. The van der Waals surface area contributed by atoms with Gasteiger partial charge in [-0.1, -0.05) is 28.1 Å². The molecule has 1 aromatic carbocycles. The van der Waals surface area contributed by atoms with Crippen LogP contribution in [0, 0.1) is 6.92 Å². The van der Waals surface area contributed by atoms with Gasteiger partial charge >= 0.3 is 0 Å². The van der Waals surface area contributed by atoms with Gasteiger partial charge in [-0.2, -0.15) is 0 Å². The highest BCUT2D eigenvalue weighted by molar-refractivity contribution is 9.10. The predicted octanol–water partition coefficient (Wildman–Crippen LogP) is 4.29. The first-order valence-electron chi connectivity index (χ1n) is 7.10. The largest absolute Gasteiger partial charge is 0.314 e. The monoisotopic (exact) mass is 350 g/mol. The Kier molecular flexibility index (Phi) is 4.54. The van der Waals surface area contributed by atoms with Crippen LogP contribution in [0.2, 0.25) is 0 Å². The van der Waals surface area contributed by atoms with Gasteiger partial charge in [0.05, 0.1) is 5.01 Å². The molecule has 4 heteroatoms. The Morgan fingerprint density at radius 2 is 2.25 bits per heavy atom. The van der Waals surface area contributed by atoms with Crippen molar-refractivity contribution in [3.05, 3.63) is 50.4 Å². The van der Waals surface area contributed by atoms with Crippen molar-refractivity contribution in [3.8, 4) is 0 Å². The Hall–Kier alpha value is -0.710. The van der Waals surface area contributed by atoms with Crippen LogP contribution in [0.3, 0.4) is 0 Å². The van der Waals surface area contributed by atoms with Crippen molar-refractivity contribution in [1.29, 1.82) is 0 Å². The number of aromatic nitrogens is 1. The SMILES string of the molecule is Cc1csc(CCNC2CC(c3cccc(Br)c3)C2)n1. The number of halogens is 1. The first-order valence-corrected chi connectivity index (χ1v) is 8.78. The van der Waals surface area contributed by atoms with E-state index in [9.17, 15) is 0 Å². The van der Waals surface area contributed by atoms with E-state index in [4.69, 9.17) is 0 Å². The molecule has 1 aromatic heterocycles. The van der Waals surface area contributed by atoms with E-state index < -0.39 is 0 Å². The van der Waals surface area contributed by atoms with Crippen molar-refractivity contribution in [2.45, 2.75) is 38.1 Å². The molecule has 106 valence electrons. The van der Waals surface area contributed by atoms with E-state index in [1.807, 2.05) is 0 Å². The fourth-order valence-electron chi connectivity index (χ4n) is 2.72. The van der Waals surface area contributed by atoms with Crippen LogP contribution in [0.15, 0.2) is 34.1 Å². The highest BCUT2D eigenvalue weighted by Gasteiger charge is 2.29. The van der Waals surface area contributed by atoms with Crippen LogP contribution in [-0.4, -0.2) is 17.6 Å². The summed E-state index contributed by atoms with van der Waals surface area (Å²) in [5.74, 6) is 0.729. The van der Waals surface area contributed by atoms with Crippen molar-refractivity contribution in [2.24, 2.45) is 0 Å². The van der Waals surface area contributed by atoms with Gasteiger partial charge in [0.1, 0.15) is 0 Å². The van der Waals surface area contributed by atoms with Crippen molar-refractivity contribution in [3.63, 3.8) is 0 Å². The lowest BCUT2D eigenvalue weighted by molar-refractivity contribution is 0.292. The van der Waals surface area contributed by atoms with Gasteiger partial charge in [-0.3, -0.25) is 0 Å². The topological polar surface area (TPSA) is 24.9 Å². The van der Waals surface area contributed by atoms with E-state index in [1.54, 1.807) is 11.3 Å². The molecule has 1 heterocycles. The molecule has 1 aliphatic rings. The van der Waals surface area contributed by atoms with Gasteiger partial charge in [0.25, 0.3) is 0 Å². The highest BCUT2D eigenvalue weighted by atomic mass is 79.9. The van der Waals surface area contributed by atoms with Gasteiger partial charge in [0, 0.05) is 34.6 Å². The minimum Gasteiger partial charge on any atom is -0.314 e. The lowest BCUT2D eigenvalue weighted by atomic mass is 9.76. The Bertz CT molecular complexity index is 575. The fraction of sp³-hybridized carbons (Fsp3) is 0.438. The molecule has 0 bridgehead atoms. The van der Waals surface area contributed by atoms with E-state index in [2.05, 4.69) is 62.8 Å². The Balaban J connectivity index is 1.40. The molecule has 1 fully saturated rings. The second-order valence-corrected chi connectivity index (χ2v) is 7.37. The second-order valence-electron chi connectivity index (χ2n) is 5.51. The minimum absolute atomic E-state index is 0.681. The summed E-state index contributed by atoms with van der Waals surface area (Å²) in [6, 6.07) is 9.39. The van der Waals surface area contributed by atoms with Gasteiger partial charge in [-0.05, 0) is 43.4 Å². The van der Waals surface area contributed by atoms with Crippen molar-refractivity contribution in [2.75, 3.05) is 6.54 Å². The van der Waals surface area contributed by atoms with Crippen molar-refractivity contribution >= 4 is 27.3 Å². The molecule has 1 N–H and O–H groups in total. The molecular weight excluding hydrogens is 332 g/mol. The van der Waals surface area contributed by atoms with E-state index in [-0.39, 0.29) is 0 Å². The number of hydrogen-bond acceptors (Lipinski definition) is 3. The summed E-state index contributed by atoms with van der Waals surface area (Å²) < 4.78 is 1.19. The van der Waals surface area contributed by atoms with Crippen molar-refractivity contribution in [1.82, 2.24) is 10.3 Å². The molecule has 0 saturated heterocycles. The zero-order valence-electron chi connectivity index (χ0n) is 11.6. The highest BCUT2D eigenvalue weighted by Crippen LogP contribution is 2.37. The van der Waals surface area contributed by atoms with Crippen LogP contribution >= 0.6 is 27.3 Å². The third-order valence-corrected chi connectivity index (χ3v) is 5.42. The first kappa shape index (κ1) is 14.2. The average molecular weight is 351 g/mol. The summed E-state index contributed by atoms with van der Waals surface area (Å²) in [7, 11) is 0. The van der Waals surface area contributed by atoms with Crippen molar-refractivity contribution < 1.29 is 0 Å². The van der Waals surface area contributed by atoms with Crippen LogP contribution < -0.4 is 5.32 Å². The van der Waals surface area contributed by atoms with Crippen LogP contribution in [0.5, 0.6) is 0 Å². The number of benzene rings is 1. The van der Waals surface area contributed by atoms with Crippen LogP contribution in [0.1, 0.15) is 35.0 Å². The average Bonchev–Trinajstić information content (AvgIpc) is 2.78. The lowest BCUT2D eigenvalue weighted by Crippen LogP contribution is -2.40. The Morgan fingerprint density at radius 3 is 2.95 bits per heavy atom. The number of hydrogen-bond donors (Lipinski definition) is 1. The molecular formula is C16H19BrN2S. The first-order chi connectivity index (χ1) is 9.70. The number of nitrogens with zero attached hydrogens (tertiary/aromatic N) is 1. The maximum Gasteiger partial charge on any atom is 0.0940 e. The summed E-state index contributed by atoms with van der Waals surface area (Å²) in [5.41, 5.74) is 2.61. The zero-order valence-corrected chi connectivity index (χ0v) is 14.0. The Labute approximate surface area is 132 Å². The van der Waals surface area contributed by atoms with Gasteiger partial charge < -0.3 is 5.32 Å². The summed E-state index contributed by atoms with van der Waals surface area (Å²) in [5, 5.41) is 7.02. The molecule has 20 heavy (non-hydrogen) atoms. The number of thiazole rings is 1. The molecule has 1 aliphatic carbocycles. The number of aryl methyl sites for hydroxylation is 1. The standard InChI is InChI=1S/C16H19BrN2S/c1-11-10-20-16(19-11)5-6-18-15-8-13(9-15)12-3-2-4-14(17)7-12/h2-4,7,10,13,15,18H,5-6,8-9H2,1H3. The smallest absolute Gasteiger partial charge is 0.0940 e. The van der Waals surface area contributed by atoms with Gasteiger partial charge in [0.15, 0.2) is 0 Å². The normalized spacial score (nSPS) is 21.7. The number of nitrogens with one attached hydrogen (secondary N) is 1. The summed E-state index contributed by atoms with van der Waals surface area (Å²) in [6.07, 6.45) is 3.57. The van der Waals surface area contributed by atoms with E-state index >= 15 is 0 Å². The van der Waals surface area contributed by atoms with Gasteiger partial charge in [-0.25, -0.2) is 4.98 Å². The quantitative estimate of drug-likeness (QED) is 0.869. The van der Waals surface area contributed by atoms with Crippen LogP contribution in [0.4, 0.5) is 0 Å². The molecule has 3 rings (SSSR count). The van der Waals surface area contributed by atoms with E-state index in [1.165, 1.54) is 27.9 Å². The molecule has 2 nitrogen and oxygen atoms in total. The molecule has 2 aromatic rings. The van der Waals surface area contributed by atoms with E-state index in [0.717, 1.165) is 24.6 Å². The van der Waals surface area contributed by atoms with Crippen LogP contribution in [-0.2, 0) is 6.42 Å². The molecule has 0 spiro atoms.